The molecular weight excluding hydrogens is 352 g/mol. The maximum absolute atomic E-state index is 10.3. The van der Waals surface area contributed by atoms with Gasteiger partial charge < -0.3 is 19.5 Å². The molecule has 1 saturated heterocycles. The summed E-state index contributed by atoms with van der Waals surface area (Å²) in [6.07, 6.45) is -0.524. The third-order valence-electron chi connectivity index (χ3n) is 4.54. The number of aliphatic hydroxyl groups excluding tert-OH is 1. The van der Waals surface area contributed by atoms with Crippen molar-refractivity contribution in [3.8, 4) is 11.5 Å². The van der Waals surface area contributed by atoms with E-state index < -0.39 is 6.10 Å². The van der Waals surface area contributed by atoms with Gasteiger partial charge in [0.05, 0.1) is 17.8 Å². The van der Waals surface area contributed by atoms with Gasteiger partial charge >= 0.3 is 0 Å². The third kappa shape index (κ3) is 5.04. The summed E-state index contributed by atoms with van der Waals surface area (Å²) in [5, 5.41) is 11.1. The van der Waals surface area contributed by atoms with Crippen molar-refractivity contribution >= 4 is 17.3 Å². The summed E-state index contributed by atoms with van der Waals surface area (Å²) in [6.45, 7) is 4.46. The molecule has 0 spiro atoms. The third-order valence-corrected chi connectivity index (χ3v) is 4.86. The van der Waals surface area contributed by atoms with Gasteiger partial charge in [0, 0.05) is 32.7 Å². The Morgan fingerprint density at radius 3 is 2.31 bits per heavy atom. The summed E-state index contributed by atoms with van der Waals surface area (Å²) < 4.78 is 10.8. The topological polar surface area (TPSA) is 45.2 Å². The van der Waals surface area contributed by atoms with E-state index in [1.165, 1.54) is 0 Å². The highest BCUT2D eigenvalue weighted by Gasteiger charge is 2.20. The Balaban J connectivity index is 1.41. The number of para-hydroxylation sites is 1. The van der Waals surface area contributed by atoms with E-state index in [1.54, 1.807) is 7.11 Å². The molecule has 2 aromatic carbocycles. The predicted octanol–water partition coefficient (Wildman–Crippen LogP) is 2.91. The second kappa shape index (κ2) is 9.12. The van der Waals surface area contributed by atoms with E-state index in [-0.39, 0.29) is 6.61 Å². The van der Waals surface area contributed by atoms with Crippen molar-refractivity contribution in [2.75, 3.05) is 51.3 Å². The van der Waals surface area contributed by atoms with Gasteiger partial charge in [0.15, 0.2) is 0 Å². The Labute approximate surface area is 159 Å². The standard InChI is InChI=1S/C20H25ClN2O3/c1-25-17-6-8-18(9-7-17)26-15-16(24)14-22-10-12-23(13-11-22)20-5-3-2-4-19(20)21/h2-9,16,24H,10-15H2,1H3/t16-/m1/s1. The number of ether oxygens (including phenoxy) is 2. The lowest BCUT2D eigenvalue weighted by Crippen LogP contribution is -2.49. The number of nitrogens with zero attached hydrogens (tertiary/aromatic N) is 2. The van der Waals surface area contributed by atoms with Gasteiger partial charge in [-0.15, -0.1) is 0 Å². The van der Waals surface area contributed by atoms with Crippen LogP contribution in [0.1, 0.15) is 0 Å². The first kappa shape index (κ1) is 18.8. The van der Waals surface area contributed by atoms with Crippen LogP contribution in [0.4, 0.5) is 5.69 Å². The number of aliphatic hydroxyl groups is 1. The molecule has 0 aliphatic carbocycles. The number of benzene rings is 2. The summed E-state index contributed by atoms with van der Waals surface area (Å²) in [7, 11) is 1.63. The van der Waals surface area contributed by atoms with Crippen molar-refractivity contribution in [2.45, 2.75) is 6.10 Å². The fraction of sp³-hybridized carbons (Fsp3) is 0.400. The van der Waals surface area contributed by atoms with Crippen molar-refractivity contribution < 1.29 is 14.6 Å². The van der Waals surface area contributed by atoms with Crippen LogP contribution in [0.25, 0.3) is 0 Å². The SMILES string of the molecule is COc1ccc(OC[C@H](O)CN2CCN(c3ccccc3Cl)CC2)cc1. The van der Waals surface area contributed by atoms with Crippen molar-refractivity contribution in [1.29, 1.82) is 0 Å². The highest BCUT2D eigenvalue weighted by Crippen LogP contribution is 2.26. The molecule has 140 valence electrons. The van der Waals surface area contributed by atoms with E-state index >= 15 is 0 Å². The molecule has 1 aliphatic rings. The number of hydrogen-bond donors (Lipinski definition) is 1. The van der Waals surface area contributed by atoms with Gasteiger partial charge in [-0.25, -0.2) is 0 Å². The normalized spacial score (nSPS) is 16.3. The Kier molecular flexibility index (Phi) is 6.61. The summed E-state index contributed by atoms with van der Waals surface area (Å²) in [4.78, 5) is 4.55. The zero-order chi connectivity index (χ0) is 18.4. The quantitative estimate of drug-likeness (QED) is 0.805. The van der Waals surface area contributed by atoms with Crippen molar-refractivity contribution in [2.24, 2.45) is 0 Å². The Bertz CT molecular complexity index is 688. The van der Waals surface area contributed by atoms with Crippen LogP contribution in [-0.4, -0.2) is 62.6 Å². The number of anilines is 1. The monoisotopic (exact) mass is 376 g/mol. The van der Waals surface area contributed by atoms with Crippen molar-refractivity contribution in [3.63, 3.8) is 0 Å². The van der Waals surface area contributed by atoms with Crippen molar-refractivity contribution in [1.82, 2.24) is 4.90 Å². The molecule has 0 saturated carbocycles. The van der Waals surface area contributed by atoms with Crippen LogP contribution < -0.4 is 14.4 Å². The minimum Gasteiger partial charge on any atom is -0.497 e. The zero-order valence-corrected chi connectivity index (χ0v) is 15.7. The lowest BCUT2D eigenvalue weighted by atomic mass is 10.2. The summed E-state index contributed by atoms with van der Waals surface area (Å²) in [6, 6.07) is 15.3. The first-order valence-electron chi connectivity index (χ1n) is 8.82. The number of β-amino-alcohol motifs (C(OH)–C–C–N with tert-alkyl or cyclic N) is 1. The van der Waals surface area contributed by atoms with Gasteiger partial charge in [-0.05, 0) is 36.4 Å². The molecule has 5 nitrogen and oxygen atoms in total. The molecule has 0 aromatic heterocycles. The maximum Gasteiger partial charge on any atom is 0.119 e. The van der Waals surface area contributed by atoms with Crippen LogP contribution in [-0.2, 0) is 0 Å². The van der Waals surface area contributed by atoms with Gasteiger partial charge in [0.1, 0.15) is 24.2 Å². The molecule has 1 atom stereocenters. The Morgan fingerprint density at radius 2 is 1.65 bits per heavy atom. The minimum atomic E-state index is -0.524. The molecular formula is C20H25ClN2O3. The average molecular weight is 377 g/mol. The van der Waals surface area contributed by atoms with Gasteiger partial charge in [-0.2, -0.15) is 0 Å². The molecule has 0 bridgehead atoms. The first-order chi connectivity index (χ1) is 12.7. The van der Waals surface area contributed by atoms with Gasteiger partial charge in [0.2, 0.25) is 0 Å². The molecule has 26 heavy (non-hydrogen) atoms. The van der Waals surface area contributed by atoms with Crippen LogP contribution in [0.15, 0.2) is 48.5 Å². The Hall–Kier alpha value is -1.95. The van der Waals surface area contributed by atoms with E-state index in [2.05, 4.69) is 15.9 Å². The summed E-state index contributed by atoms with van der Waals surface area (Å²) in [5.41, 5.74) is 1.08. The van der Waals surface area contributed by atoms with E-state index in [0.717, 1.165) is 48.4 Å². The summed E-state index contributed by atoms with van der Waals surface area (Å²) >= 11 is 6.28. The van der Waals surface area contributed by atoms with E-state index in [1.807, 2.05) is 42.5 Å². The second-order valence-corrected chi connectivity index (χ2v) is 6.79. The highest BCUT2D eigenvalue weighted by molar-refractivity contribution is 6.33. The maximum atomic E-state index is 10.3. The van der Waals surface area contributed by atoms with E-state index in [9.17, 15) is 5.11 Å². The number of hydrogen-bond acceptors (Lipinski definition) is 5. The molecule has 1 aliphatic heterocycles. The fourth-order valence-corrected chi connectivity index (χ4v) is 3.35. The molecule has 0 unspecified atom stereocenters. The van der Waals surface area contributed by atoms with Crippen LogP contribution in [0, 0.1) is 0 Å². The predicted molar refractivity (Wildman–Crippen MR) is 105 cm³/mol. The van der Waals surface area contributed by atoms with E-state index in [0.29, 0.717) is 6.54 Å². The largest absolute Gasteiger partial charge is 0.497 e. The molecule has 2 aromatic rings. The first-order valence-corrected chi connectivity index (χ1v) is 9.20. The lowest BCUT2D eigenvalue weighted by molar-refractivity contribution is 0.0663. The molecule has 1 N–H and O–H groups in total. The zero-order valence-electron chi connectivity index (χ0n) is 15.0. The fourth-order valence-electron chi connectivity index (χ4n) is 3.09. The molecule has 1 heterocycles. The molecule has 1 fully saturated rings. The summed E-state index contributed by atoms with van der Waals surface area (Å²) in [5.74, 6) is 1.52. The van der Waals surface area contributed by atoms with Crippen LogP contribution in [0.2, 0.25) is 5.02 Å². The number of methoxy groups -OCH3 is 1. The molecule has 6 heteroatoms. The minimum absolute atomic E-state index is 0.275. The van der Waals surface area contributed by atoms with Gasteiger partial charge in [0.25, 0.3) is 0 Å². The second-order valence-electron chi connectivity index (χ2n) is 6.38. The molecule has 0 amide bonds. The number of halogens is 1. The highest BCUT2D eigenvalue weighted by atomic mass is 35.5. The van der Waals surface area contributed by atoms with E-state index in [4.69, 9.17) is 21.1 Å². The smallest absolute Gasteiger partial charge is 0.119 e. The van der Waals surface area contributed by atoms with Gasteiger partial charge in [-0.1, -0.05) is 23.7 Å². The van der Waals surface area contributed by atoms with Crippen LogP contribution >= 0.6 is 11.6 Å². The van der Waals surface area contributed by atoms with Gasteiger partial charge in [-0.3, -0.25) is 4.90 Å². The number of piperazine rings is 1. The number of rotatable bonds is 7. The average Bonchev–Trinajstić information content (AvgIpc) is 2.68. The van der Waals surface area contributed by atoms with Crippen LogP contribution in [0.3, 0.4) is 0 Å². The van der Waals surface area contributed by atoms with Crippen molar-refractivity contribution in [3.05, 3.63) is 53.6 Å². The van der Waals surface area contributed by atoms with Crippen LogP contribution in [0.5, 0.6) is 11.5 Å². The lowest BCUT2D eigenvalue weighted by Gasteiger charge is -2.37. The molecule has 3 rings (SSSR count). The molecule has 0 radical (unpaired) electrons. The Morgan fingerprint density at radius 1 is 1.00 bits per heavy atom.